The molecule has 1 atom stereocenters. The summed E-state index contributed by atoms with van der Waals surface area (Å²) in [6.45, 7) is 3.05. The lowest BCUT2D eigenvalue weighted by Gasteiger charge is -2.32. The minimum Gasteiger partial charge on any atom is -0.345 e. The number of hydrogen-bond donors (Lipinski definition) is 0. The number of carbonyl (C=O) groups is 2. The first-order valence-corrected chi connectivity index (χ1v) is 13.1. The molecule has 1 amide bonds. The first-order chi connectivity index (χ1) is 16.6. The van der Waals surface area contributed by atoms with Gasteiger partial charge in [0.05, 0.1) is 6.42 Å². The van der Waals surface area contributed by atoms with Gasteiger partial charge in [0, 0.05) is 26.6 Å². The summed E-state index contributed by atoms with van der Waals surface area (Å²) >= 11 is 0. The highest BCUT2D eigenvalue weighted by molar-refractivity contribution is 5.84. The number of carbonyl (C=O) groups excluding carboxylic acids is 2. The second kappa shape index (κ2) is 11.8. The van der Waals surface area contributed by atoms with Gasteiger partial charge in [0.2, 0.25) is 5.91 Å². The van der Waals surface area contributed by atoms with Gasteiger partial charge in [-0.2, -0.15) is 0 Å². The maximum atomic E-state index is 13.4. The Hall–Kier alpha value is -2.46. The van der Waals surface area contributed by atoms with Crippen LogP contribution >= 0.6 is 0 Å². The lowest BCUT2D eigenvalue weighted by molar-refractivity contribution is -0.130. The van der Waals surface area contributed by atoms with Gasteiger partial charge in [-0.3, -0.25) is 4.79 Å². The third-order valence-electron chi connectivity index (χ3n) is 7.82. The molecule has 4 nitrogen and oxygen atoms in total. The summed E-state index contributed by atoms with van der Waals surface area (Å²) in [5.74, 6) is 1.20. The molecule has 1 heterocycles. The highest BCUT2D eigenvalue weighted by Crippen LogP contribution is 2.42. The number of likely N-dealkylation sites (tertiary alicyclic amines) is 1. The van der Waals surface area contributed by atoms with Crippen LogP contribution in [0.15, 0.2) is 42.5 Å². The van der Waals surface area contributed by atoms with Crippen LogP contribution in [0.5, 0.6) is 0 Å². The van der Waals surface area contributed by atoms with Crippen LogP contribution < -0.4 is 0 Å². The van der Waals surface area contributed by atoms with Crippen molar-refractivity contribution in [3.63, 3.8) is 0 Å². The van der Waals surface area contributed by atoms with Crippen LogP contribution in [-0.2, 0) is 22.4 Å². The van der Waals surface area contributed by atoms with Gasteiger partial charge in [-0.25, -0.2) is 0 Å². The molecule has 1 aliphatic heterocycles. The topological polar surface area (TPSA) is 40.6 Å². The number of hydrogen-bond acceptors (Lipinski definition) is 3. The second-order valence-corrected chi connectivity index (χ2v) is 10.5. The lowest BCUT2D eigenvalue weighted by atomic mass is 9.76. The number of benzene rings is 2. The molecule has 1 unspecified atom stereocenters. The van der Waals surface area contributed by atoms with Crippen LogP contribution in [0.4, 0.5) is 0 Å². The van der Waals surface area contributed by atoms with E-state index in [0.717, 1.165) is 55.5 Å². The maximum absolute atomic E-state index is 13.4. The molecule has 2 aromatic rings. The fourth-order valence-corrected chi connectivity index (χ4v) is 6.14. The van der Waals surface area contributed by atoms with E-state index in [9.17, 15) is 9.59 Å². The number of aldehydes is 1. The van der Waals surface area contributed by atoms with Crippen molar-refractivity contribution in [2.24, 2.45) is 5.92 Å². The maximum Gasteiger partial charge on any atom is 0.226 e. The lowest BCUT2D eigenvalue weighted by Crippen LogP contribution is -2.40. The molecule has 0 aromatic heterocycles. The first-order valence-electron chi connectivity index (χ1n) is 13.1. The van der Waals surface area contributed by atoms with E-state index in [4.69, 9.17) is 0 Å². The van der Waals surface area contributed by atoms with Crippen LogP contribution in [0, 0.1) is 5.92 Å². The van der Waals surface area contributed by atoms with Gasteiger partial charge in [0.15, 0.2) is 0 Å². The SMILES string of the molecule is CN1CCCC(CN(C)C(=O)Cc2ccc(CC=O)c(C3CCCCC3)c2-c2ccccc2)C1. The summed E-state index contributed by atoms with van der Waals surface area (Å²) < 4.78 is 0. The third kappa shape index (κ3) is 5.96. The Labute approximate surface area is 205 Å². The Morgan fingerprint density at radius 3 is 2.44 bits per heavy atom. The normalized spacial score (nSPS) is 19.6. The molecule has 4 heteroatoms. The summed E-state index contributed by atoms with van der Waals surface area (Å²) in [6.07, 6.45) is 10.4. The molecule has 0 N–H and O–H groups in total. The quantitative estimate of drug-likeness (QED) is 0.490. The predicted molar refractivity (Wildman–Crippen MR) is 139 cm³/mol. The van der Waals surface area contributed by atoms with Gasteiger partial charge in [0.25, 0.3) is 0 Å². The zero-order valence-corrected chi connectivity index (χ0v) is 21.0. The highest BCUT2D eigenvalue weighted by atomic mass is 16.2. The average Bonchev–Trinajstić information content (AvgIpc) is 2.86. The van der Waals surface area contributed by atoms with Crippen molar-refractivity contribution in [2.75, 3.05) is 33.7 Å². The number of nitrogens with zero attached hydrogens (tertiary/aromatic N) is 2. The van der Waals surface area contributed by atoms with E-state index in [1.54, 1.807) is 0 Å². The molecule has 4 rings (SSSR count). The summed E-state index contributed by atoms with van der Waals surface area (Å²) in [4.78, 5) is 29.3. The molecular formula is C30H40N2O2. The van der Waals surface area contributed by atoms with Crippen molar-refractivity contribution in [2.45, 2.75) is 63.7 Å². The van der Waals surface area contributed by atoms with Crippen LogP contribution in [0.25, 0.3) is 11.1 Å². The highest BCUT2D eigenvalue weighted by Gasteiger charge is 2.26. The molecule has 2 fully saturated rings. The molecule has 1 saturated heterocycles. The standard InChI is InChI=1S/C30H40N2O2/c1-31-18-9-10-23(21-31)22-32(2)28(34)20-27-16-15-26(17-19-33)29(24-11-5-3-6-12-24)30(27)25-13-7-4-8-14-25/h4,7-8,13-16,19,23-24H,3,5-6,9-12,17-18,20-22H2,1-2H3. The van der Waals surface area contributed by atoms with E-state index in [1.807, 2.05) is 18.0 Å². The first kappa shape index (κ1) is 24.7. The van der Waals surface area contributed by atoms with Gasteiger partial charge >= 0.3 is 0 Å². The second-order valence-electron chi connectivity index (χ2n) is 10.5. The van der Waals surface area contributed by atoms with E-state index < -0.39 is 0 Å². The Bertz CT molecular complexity index is 965. The number of piperidine rings is 1. The summed E-state index contributed by atoms with van der Waals surface area (Å²) in [5, 5.41) is 0. The molecule has 1 saturated carbocycles. The van der Waals surface area contributed by atoms with Crippen molar-refractivity contribution in [1.82, 2.24) is 9.80 Å². The van der Waals surface area contributed by atoms with E-state index >= 15 is 0 Å². The molecular weight excluding hydrogens is 420 g/mol. The van der Waals surface area contributed by atoms with Crippen molar-refractivity contribution < 1.29 is 9.59 Å². The van der Waals surface area contributed by atoms with Crippen LogP contribution in [0.2, 0.25) is 0 Å². The Balaban J connectivity index is 1.66. The van der Waals surface area contributed by atoms with Crippen molar-refractivity contribution >= 4 is 12.2 Å². The largest absolute Gasteiger partial charge is 0.345 e. The fourth-order valence-electron chi connectivity index (χ4n) is 6.14. The van der Waals surface area contributed by atoms with Crippen LogP contribution in [0.1, 0.15) is 67.6 Å². The smallest absolute Gasteiger partial charge is 0.226 e. The Morgan fingerprint density at radius 2 is 1.74 bits per heavy atom. The van der Waals surface area contributed by atoms with E-state index in [2.05, 4.69) is 48.3 Å². The molecule has 34 heavy (non-hydrogen) atoms. The van der Waals surface area contributed by atoms with Gasteiger partial charge < -0.3 is 14.6 Å². The molecule has 182 valence electrons. The molecule has 0 bridgehead atoms. The summed E-state index contributed by atoms with van der Waals surface area (Å²) in [6, 6.07) is 14.7. The Morgan fingerprint density at radius 1 is 1.00 bits per heavy atom. The number of likely N-dealkylation sites (N-methyl/N-ethyl adjacent to an activating group) is 1. The minimum absolute atomic E-state index is 0.183. The van der Waals surface area contributed by atoms with Crippen LogP contribution in [0.3, 0.4) is 0 Å². The fraction of sp³-hybridized carbons (Fsp3) is 0.533. The molecule has 0 spiro atoms. The van der Waals surface area contributed by atoms with E-state index in [0.29, 0.717) is 24.7 Å². The van der Waals surface area contributed by atoms with Crippen molar-refractivity contribution in [3.05, 3.63) is 59.2 Å². The third-order valence-corrected chi connectivity index (χ3v) is 7.82. The molecule has 2 aromatic carbocycles. The zero-order valence-electron chi connectivity index (χ0n) is 21.0. The molecule has 1 aliphatic carbocycles. The monoisotopic (exact) mass is 460 g/mol. The predicted octanol–water partition coefficient (Wildman–Crippen LogP) is 5.49. The summed E-state index contributed by atoms with van der Waals surface area (Å²) in [5.41, 5.74) is 5.91. The van der Waals surface area contributed by atoms with Crippen molar-refractivity contribution in [1.29, 1.82) is 0 Å². The van der Waals surface area contributed by atoms with Gasteiger partial charge in [-0.15, -0.1) is 0 Å². The molecule has 0 radical (unpaired) electrons. The van der Waals surface area contributed by atoms with E-state index in [1.165, 1.54) is 43.2 Å². The zero-order chi connectivity index (χ0) is 23.9. The van der Waals surface area contributed by atoms with Crippen molar-refractivity contribution in [3.8, 4) is 11.1 Å². The Kier molecular flexibility index (Phi) is 8.55. The van der Waals surface area contributed by atoms with Gasteiger partial charge in [-0.05, 0) is 78.9 Å². The minimum atomic E-state index is 0.183. The van der Waals surface area contributed by atoms with E-state index in [-0.39, 0.29) is 5.91 Å². The number of amides is 1. The summed E-state index contributed by atoms with van der Waals surface area (Å²) in [7, 11) is 4.13. The molecule has 2 aliphatic rings. The van der Waals surface area contributed by atoms with Crippen LogP contribution in [-0.4, -0.2) is 55.7 Å². The number of rotatable bonds is 8. The average molecular weight is 461 g/mol. The van der Waals surface area contributed by atoms with Gasteiger partial charge in [0.1, 0.15) is 6.29 Å². The van der Waals surface area contributed by atoms with Gasteiger partial charge in [-0.1, -0.05) is 61.7 Å².